The van der Waals surface area contributed by atoms with Crippen LogP contribution in [0.3, 0.4) is 0 Å². The smallest absolute Gasteiger partial charge is 0.203 e. The van der Waals surface area contributed by atoms with E-state index >= 15 is 0 Å². The second-order valence-corrected chi connectivity index (χ2v) is 5.43. The van der Waals surface area contributed by atoms with Gasteiger partial charge in [-0.15, -0.1) is 0 Å². The number of ether oxygens (including phenoxy) is 3. The van der Waals surface area contributed by atoms with E-state index in [1.807, 2.05) is 12.1 Å². The standard InChI is InChI=1S/C16H21NO3S/c1-11(13-7-8-21-10-13)17-9-12-5-6-14(18-2)16(20-4)15(12)19-3/h5-8,10-11,17H,9H2,1-4H3. The Kier molecular flexibility index (Phi) is 5.47. The van der Waals surface area contributed by atoms with Gasteiger partial charge in [-0.05, 0) is 35.4 Å². The molecule has 1 aromatic carbocycles. The van der Waals surface area contributed by atoms with Crippen molar-refractivity contribution in [2.24, 2.45) is 0 Å². The Balaban J connectivity index is 2.16. The molecule has 0 saturated heterocycles. The van der Waals surface area contributed by atoms with Gasteiger partial charge < -0.3 is 19.5 Å². The Morgan fingerprint density at radius 3 is 2.38 bits per heavy atom. The van der Waals surface area contributed by atoms with Crippen molar-refractivity contribution in [1.82, 2.24) is 5.32 Å². The highest BCUT2D eigenvalue weighted by molar-refractivity contribution is 7.07. The Morgan fingerprint density at radius 1 is 1.05 bits per heavy atom. The number of methoxy groups -OCH3 is 3. The highest BCUT2D eigenvalue weighted by atomic mass is 32.1. The van der Waals surface area contributed by atoms with Crippen LogP contribution >= 0.6 is 11.3 Å². The molecule has 1 unspecified atom stereocenters. The molecule has 4 nitrogen and oxygen atoms in total. The lowest BCUT2D eigenvalue weighted by Crippen LogP contribution is -2.18. The van der Waals surface area contributed by atoms with Gasteiger partial charge in [-0.1, -0.05) is 6.07 Å². The normalized spacial score (nSPS) is 12.0. The maximum atomic E-state index is 5.49. The zero-order valence-electron chi connectivity index (χ0n) is 12.8. The molecule has 0 radical (unpaired) electrons. The van der Waals surface area contributed by atoms with Crippen molar-refractivity contribution < 1.29 is 14.2 Å². The molecular formula is C16H21NO3S. The van der Waals surface area contributed by atoms with Gasteiger partial charge in [0.05, 0.1) is 21.3 Å². The van der Waals surface area contributed by atoms with E-state index in [0.29, 0.717) is 23.8 Å². The molecule has 0 aliphatic carbocycles. The summed E-state index contributed by atoms with van der Waals surface area (Å²) in [6.45, 7) is 2.84. The van der Waals surface area contributed by atoms with E-state index in [9.17, 15) is 0 Å². The van der Waals surface area contributed by atoms with Gasteiger partial charge in [0.2, 0.25) is 5.75 Å². The molecule has 1 N–H and O–H groups in total. The first-order valence-corrected chi connectivity index (χ1v) is 7.68. The predicted molar refractivity (Wildman–Crippen MR) is 85.7 cm³/mol. The number of rotatable bonds is 7. The Bertz CT molecular complexity index is 569. The molecule has 0 aliphatic heterocycles. The summed E-state index contributed by atoms with van der Waals surface area (Å²) in [5.41, 5.74) is 2.33. The first-order chi connectivity index (χ1) is 10.2. The van der Waals surface area contributed by atoms with Crippen LogP contribution in [0.5, 0.6) is 17.2 Å². The van der Waals surface area contributed by atoms with E-state index in [2.05, 4.69) is 29.1 Å². The fraction of sp³-hybridized carbons (Fsp3) is 0.375. The minimum atomic E-state index is 0.286. The molecule has 1 atom stereocenters. The van der Waals surface area contributed by atoms with Gasteiger partial charge in [-0.2, -0.15) is 11.3 Å². The summed E-state index contributed by atoms with van der Waals surface area (Å²) in [6, 6.07) is 6.31. The van der Waals surface area contributed by atoms with Crippen LogP contribution in [0, 0.1) is 0 Å². The summed E-state index contributed by atoms with van der Waals surface area (Å²) < 4.78 is 16.2. The van der Waals surface area contributed by atoms with Gasteiger partial charge in [-0.3, -0.25) is 0 Å². The average molecular weight is 307 g/mol. The van der Waals surface area contributed by atoms with Crippen LogP contribution in [0.1, 0.15) is 24.1 Å². The summed E-state index contributed by atoms with van der Waals surface area (Å²) in [7, 11) is 4.88. The first kappa shape index (κ1) is 15.7. The minimum absolute atomic E-state index is 0.286. The largest absolute Gasteiger partial charge is 0.493 e. The fourth-order valence-corrected chi connectivity index (χ4v) is 2.96. The molecule has 0 amide bonds. The molecule has 0 aliphatic rings. The molecule has 2 rings (SSSR count). The number of nitrogens with one attached hydrogen (secondary N) is 1. The minimum Gasteiger partial charge on any atom is -0.493 e. The van der Waals surface area contributed by atoms with Gasteiger partial charge in [0.1, 0.15) is 0 Å². The maximum absolute atomic E-state index is 5.49. The Morgan fingerprint density at radius 2 is 1.81 bits per heavy atom. The van der Waals surface area contributed by atoms with Crippen LogP contribution in [0.2, 0.25) is 0 Å². The fourth-order valence-electron chi connectivity index (χ4n) is 2.20. The Labute approximate surface area is 129 Å². The summed E-state index contributed by atoms with van der Waals surface area (Å²) >= 11 is 1.71. The summed E-state index contributed by atoms with van der Waals surface area (Å²) in [4.78, 5) is 0. The van der Waals surface area contributed by atoms with Crippen molar-refractivity contribution in [3.05, 3.63) is 40.1 Å². The van der Waals surface area contributed by atoms with Crippen molar-refractivity contribution in [2.75, 3.05) is 21.3 Å². The average Bonchev–Trinajstić information content (AvgIpc) is 3.05. The van der Waals surface area contributed by atoms with Gasteiger partial charge in [0, 0.05) is 18.2 Å². The topological polar surface area (TPSA) is 39.7 Å². The highest BCUT2D eigenvalue weighted by Crippen LogP contribution is 2.39. The van der Waals surface area contributed by atoms with Gasteiger partial charge >= 0.3 is 0 Å². The molecule has 0 saturated carbocycles. The third-order valence-electron chi connectivity index (χ3n) is 3.43. The van der Waals surface area contributed by atoms with Crippen molar-refractivity contribution in [3.63, 3.8) is 0 Å². The zero-order chi connectivity index (χ0) is 15.2. The SMILES string of the molecule is COc1ccc(CNC(C)c2ccsc2)c(OC)c1OC. The van der Waals surface area contributed by atoms with Crippen molar-refractivity contribution in [2.45, 2.75) is 19.5 Å². The van der Waals surface area contributed by atoms with Crippen molar-refractivity contribution in [1.29, 1.82) is 0 Å². The third kappa shape index (κ3) is 3.49. The predicted octanol–water partition coefficient (Wildman–Crippen LogP) is 3.62. The lowest BCUT2D eigenvalue weighted by atomic mass is 10.1. The van der Waals surface area contributed by atoms with Crippen molar-refractivity contribution >= 4 is 11.3 Å². The second-order valence-electron chi connectivity index (χ2n) is 4.65. The van der Waals surface area contributed by atoms with E-state index in [-0.39, 0.29) is 6.04 Å². The maximum Gasteiger partial charge on any atom is 0.203 e. The quantitative estimate of drug-likeness (QED) is 0.848. The molecule has 21 heavy (non-hydrogen) atoms. The van der Waals surface area contributed by atoms with Gasteiger partial charge in [-0.25, -0.2) is 0 Å². The number of benzene rings is 1. The van der Waals surface area contributed by atoms with E-state index in [1.54, 1.807) is 32.7 Å². The van der Waals surface area contributed by atoms with E-state index < -0.39 is 0 Å². The molecule has 114 valence electrons. The monoisotopic (exact) mass is 307 g/mol. The third-order valence-corrected chi connectivity index (χ3v) is 4.13. The van der Waals surface area contributed by atoms with Crippen LogP contribution < -0.4 is 19.5 Å². The number of thiophene rings is 1. The van der Waals surface area contributed by atoms with Crippen LogP contribution in [0.15, 0.2) is 29.0 Å². The van der Waals surface area contributed by atoms with Crippen molar-refractivity contribution in [3.8, 4) is 17.2 Å². The van der Waals surface area contributed by atoms with E-state index in [0.717, 1.165) is 5.56 Å². The molecule has 1 heterocycles. The lowest BCUT2D eigenvalue weighted by Gasteiger charge is -2.18. The molecule has 2 aromatic rings. The molecular weight excluding hydrogens is 286 g/mol. The first-order valence-electron chi connectivity index (χ1n) is 6.74. The molecule has 1 aromatic heterocycles. The summed E-state index contributed by atoms with van der Waals surface area (Å²) in [5.74, 6) is 2.01. The zero-order valence-corrected chi connectivity index (χ0v) is 13.6. The summed E-state index contributed by atoms with van der Waals surface area (Å²) in [5, 5.41) is 7.74. The molecule has 0 bridgehead atoms. The molecule has 5 heteroatoms. The lowest BCUT2D eigenvalue weighted by molar-refractivity contribution is 0.321. The van der Waals surface area contributed by atoms with Crippen LogP contribution in [0.25, 0.3) is 0 Å². The molecule has 0 spiro atoms. The highest BCUT2D eigenvalue weighted by Gasteiger charge is 2.16. The number of hydrogen-bond donors (Lipinski definition) is 1. The summed E-state index contributed by atoms with van der Waals surface area (Å²) in [6.07, 6.45) is 0. The van der Waals surface area contributed by atoms with E-state index in [1.165, 1.54) is 5.56 Å². The van der Waals surface area contributed by atoms with Crippen LogP contribution in [0.4, 0.5) is 0 Å². The second kappa shape index (κ2) is 7.33. The van der Waals surface area contributed by atoms with E-state index in [4.69, 9.17) is 14.2 Å². The Hall–Kier alpha value is -1.72. The van der Waals surface area contributed by atoms with Gasteiger partial charge in [0.25, 0.3) is 0 Å². The van der Waals surface area contributed by atoms with Gasteiger partial charge in [0.15, 0.2) is 11.5 Å². The van der Waals surface area contributed by atoms with Crippen LogP contribution in [-0.4, -0.2) is 21.3 Å². The number of hydrogen-bond acceptors (Lipinski definition) is 5. The molecule has 0 fully saturated rings. The van der Waals surface area contributed by atoms with Crippen LogP contribution in [-0.2, 0) is 6.54 Å².